The van der Waals surface area contributed by atoms with E-state index in [0.717, 1.165) is 4.90 Å². The molecular formula is C18H22N4O6. The topological polar surface area (TPSA) is 126 Å². The van der Waals surface area contributed by atoms with Crippen LogP contribution in [-0.2, 0) is 9.59 Å². The summed E-state index contributed by atoms with van der Waals surface area (Å²) in [6.45, 7) is 4.18. The van der Waals surface area contributed by atoms with Crippen molar-refractivity contribution in [1.29, 1.82) is 0 Å². The summed E-state index contributed by atoms with van der Waals surface area (Å²) in [4.78, 5) is 49.0. The quantitative estimate of drug-likeness (QED) is 0.646. The van der Waals surface area contributed by atoms with Crippen LogP contribution >= 0.6 is 0 Å². The number of hydrogen-bond donors (Lipinski definition) is 3. The van der Waals surface area contributed by atoms with E-state index in [9.17, 15) is 19.2 Å². The molecule has 0 bridgehead atoms. The van der Waals surface area contributed by atoms with E-state index < -0.39 is 36.5 Å². The van der Waals surface area contributed by atoms with Crippen LogP contribution in [-0.4, -0.2) is 54.6 Å². The van der Waals surface area contributed by atoms with E-state index in [2.05, 4.69) is 16.0 Å². The summed E-state index contributed by atoms with van der Waals surface area (Å²) in [6.07, 6.45) is 0.479. The van der Waals surface area contributed by atoms with Crippen LogP contribution in [0, 0.1) is 5.92 Å². The van der Waals surface area contributed by atoms with Gasteiger partial charge < -0.3 is 20.1 Å². The lowest BCUT2D eigenvalue weighted by Gasteiger charge is -2.19. The van der Waals surface area contributed by atoms with Gasteiger partial charge in [0.05, 0.1) is 0 Å². The number of benzene rings is 1. The highest BCUT2D eigenvalue weighted by molar-refractivity contribution is 6.08. The van der Waals surface area contributed by atoms with E-state index in [1.54, 1.807) is 18.2 Å². The second kappa shape index (κ2) is 8.15. The van der Waals surface area contributed by atoms with Gasteiger partial charge in [0.2, 0.25) is 5.91 Å². The van der Waals surface area contributed by atoms with E-state index >= 15 is 0 Å². The van der Waals surface area contributed by atoms with Crippen LogP contribution < -0.4 is 25.4 Å². The summed E-state index contributed by atoms with van der Waals surface area (Å²) in [5.41, 5.74) is 0.404. The van der Waals surface area contributed by atoms with Crippen molar-refractivity contribution in [3.63, 3.8) is 0 Å². The normalized spacial score (nSPS) is 18.1. The summed E-state index contributed by atoms with van der Waals surface area (Å²) in [5, 5.41) is 7.14. The smallest absolute Gasteiger partial charge is 0.325 e. The highest BCUT2D eigenvalue weighted by Gasteiger charge is 2.39. The Morgan fingerprint density at radius 3 is 2.64 bits per heavy atom. The molecule has 1 aromatic rings. The fraction of sp³-hybridized carbons (Fsp3) is 0.444. The molecule has 1 fully saturated rings. The fourth-order valence-corrected chi connectivity index (χ4v) is 2.95. The van der Waals surface area contributed by atoms with Crippen LogP contribution in [0.5, 0.6) is 11.5 Å². The summed E-state index contributed by atoms with van der Waals surface area (Å²) in [5.74, 6) is 0.0262. The first-order chi connectivity index (χ1) is 13.3. The third-order valence-electron chi connectivity index (χ3n) is 4.17. The van der Waals surface area contributed by atoms with Crippen molar-refractivity contribution < 1.29 is 28.7 Å². The molecule has 6 amide bonds. The molecular weight excluding hydrogens is 368 g/mol. The van der Waals surface area contributed by atoms with Gasteiger partial charge in [-0.2, -0.15) is 0 Å². The van der Waals surface area contributed by atoms with Crippen molar-refractivity contribution >= 4 is 29.6 Å². The number of imide groups is 2. The number of nitrogens with zero attached hydrogens (tertiary/aromatic N) is 1. The summed E-state index contributed by atoms with van der Waals surface area (Å²) >= 11 is 0. The number of fused-ring (bicyclic) bond motifs is 1. The zero-order valence-corrected chi connectivity index (χ0v) is 15.6. The Balaban J connectivity index is 1.52. The minimum Gasteiger partial charge on any atom is -0.486 e. The number of ether oxygens (including phenoxy) is 2. The predicted molar refractivity (Wildman–Crippen MR) is 98.1 cm³/mol. The van der Waals surface area contributed by atoms with Crippen LogP contribution in [0.25, 0.3) is 0 Å². The Morgan fingerprint density at radius 1 is 1.21 bits per heavy atom. The Bertz CT molecular complexity index is 809. The number of hydrogen-bond acceptors (Lipinski definition) is 6. The molecule has 0 aromatic heterocycles. The Hall–Kier alpha value is -3.30. The molecule has 0 unspecified atom stereocenters. The monoisotopic (exact) mass is 390 g/mol. The minimum atomic E-state index is -0.785. The van der Waals surface area contributed by atoms with Crippen molar-refractivity contribution in [1.82, 2.24) is 15.5 Å². The fourth-order valence-electron chi connectivity index (χ4n) is 2.95. The van der Waals surface area contributed by atoms with Crippen molar-refractivity contribution in [3.8, 4) is 11.5 Å². The number of anilines is 1. The number of rotatable bonds is 5. The third-order valence-corrected chi connectivity index (χ3v) is 4.17. The van der Waals surface area contributed by atoms with Crippen molar-refractivity contribution in [2.75, 3.05) is 25.1 Å². The zero-order chi connectivity index (χ0) is 20.3. The molecule has 2 heterocycles. The van der Waals surface area contributed by atoms with E-state index in [1.165, 1.54) is 0 Å². The van der Waals surface area contributed by atoms with Gasteiger partial charge in [-0.15, -0.1) is 0 Å². The summed E-state index contributed by atoms with van der Waals surface area (Å²) in [7, 11) is 0. The Kier molecular flexibility index (Phi) is 5.67. The van der Waals surface area contributed by atoms with Gasteiger partial charge in [0.25, 0.3) is 5.91 Å². The molecule has 3 N–H and O–H groups in total. The summed E-state index contributed by atoms with van der Waals surface area (Å²) in [6, 6.07) is 2.75. The van der Waals surface area contributed by atoms with E-state index in [-0.39, 0.29) is 5.92 Å². The van der Waals surface area contributed by atoms with Gasteiger partial charge in [0.15, 0.2) is 11.5 Å². The lowest BCUT2D eigenvalue weighted by atomic mass is 10.0. The molecule has 1 aromatic carbocycles. The van der Waals surface area contributed by atoms with Crippen LogP contribution in [0.3, 0.4) is 0 Å². The second-order valence-electron chi connectivity index (χ2n) is 6.92. The minimum absolute atomic E-state index is 0.208. The maximum absolute atomic E-state index is 12.2. The van der Waals surface area contributed by atoms with Crippen LogP contribution in [0.2, 0.25) is 0 Å². The van der Waals surface area contributed by atoms with Crippen LogP contribution in [0.1, 0.15) is 20.3 Å². The standard InChI is InChI=1S/C18H22N4O6/c1-10(2)7-12-16(24)22(18(26)20-12)9-15(23)21-17(25)19-11-3-4-13-14(8-11)28-6-5-27-13/h3-4,8,10,12H,5-7,9H2,1-2H3,(H,20,26)(H2,19,21,23,25)/t12-/m1/s1. The molecule has 3 rings (SSSR count). The molecule has 1 atom stereocenters. The molecule has 2 aliphatic rings. The number of urea groups is 2. The first kappa shape index (κ1) is 19.5. The molecule has 150 valence electrons. The van der Waals surface area contributed by atoms with Crippen molar-refractivity contribution in [3.05, 3.63) is 18.2 Å². The van der Waals surface area contributed by atoms with Crippen LogP contribution in [0.4, 0.5) is 15.3 Å². The Labute approximate surface area is 161 Å². The van der Waals surface area contributed by atoms with Gasteiger partial charge in [-0.3, -0.25) is 19.8 Å². The van der Waals surface area contributed by atoms with E-state index in [1.807, 2.05) is 13.8 Å². The predicted octanol–water partition coefficient (Wildman–Crippen LogP) is 1.07. The number of amides is 6. The molecule has 10 heteroatoms. The average Bonchev–Trinajstić information content (AvgIpc) is 2.88. The maximum Gasteiger partial charge on any atom is 0.325 e. The largest absolute Gasteiger partial charge is 0.486 e. The van der Waals surface area contributed by atoms with Crippen molar-refractivity contribution in [2.24, 2.45) is 5.92 Å². The van der Waals surface area contributed by atoms with Gasteiger partial charge in [-0.1, -0.05) is 13.8 Å². The van der Waals surface area contributed by atoms with Gasteiger partial charge in [-0.25, -0.2) is 9.59 Å². The van der Waals surface area contributed by atoms with E-state index in [4.69, 9.17) is 9.47 Å². The number of carbonyl (C=O) groups excluding carboxylic acids is 4. The van der Waals surface area contributed by atoms with E-state index in [0.29, 0.717) is 36.8 Å². The highest BCUT2D eigenvalue weighted by atomic mass is 16.6. The second-order valence-corrected chi connectivity index (χ2v) is 6.92. The molecule has 0 saturated carbocycles. The van der Waals surface area contributed by atoms with Gasteiger partial charge in [-0.05, 0) is 24.5 Å². The third kappa shape index (κ3) is 4.51. The number of nitrogens with one attached hydrogen (secondary N) is 3. The zero-order valence-electron chi connectivity index (χ0n) is 15.6. The van der Waals surface area contributed by atoms with Gasteiger partial charge in [0, 0.05) is 11.8 Å². The maximum atomic E-state index is 12.2. The average molecular weight is 390 g/mol. The van der Waals surface area contributed by atoms with Gasteiger partial charge in [0.1, 0.15) is 25.8 Å². The first-order valence-corrected chi connectivity index (χ1v) is 8.96. The molecule has 10 nitrogen and oxygen atoms in total. The lowest BCUT2D eigenvalue weighted by Crippen LogP contribution is -2.44. The Morgan fingerprint density at radius 2 is 1.93 bits per heavy atom. The van der Waals surface area contributed by atoms with Crippen LogP contribution in [0.15, 0.2) is 18.2 Å². The van der Waals surface area contributed by atoms with Gasteiger partial charge >= 0.3 is 12.1 Å². The molecule has 0 radical (unpaired) electrons. The SMILES string of the molecule is CC(C)C[C@H]1NC(=O)N(CC(=O)NC(=O)Nc2ccc3c(c2)OCCO3)C1=O. The highest BCUT2D eigenvalue weighted by Crippen LogP contribution is 2.32. The molecule has 2 aliphatic heterocycles. The number of carbonyl (C=O) groups is 4. The first-order valence-electron chi connectivity index (χ1n) is 8.96. The molecule has 0 spiro atoms. The molecule has 28 heavy (non-hydrogen) atoms. The van der Waals surface area contributed by atoms with Crippen molar-refractivity contribution in [2.45, 2.75) is 26.3 Å². The summed E-state index contributed by atoms with van der Waals surface area (Å²) < 4.78 is 10.8. The molecule has 1 saturated heterocycles. The molecule has 0 aliphatic carbocycles. The lowest BCUT2D eigenvalue weighted by molar-refractivity contribution is -0.132.